The fourth-order valence-corrected chi connectivity index (χ4v) is 6.86. The number of nitrogens with zero attached hydrogens (tertiary/aromatic N) is 1. The molecule has 3 atom stereocenters. The lowest BCUT2D eigenvalue weighted by Gasteiger charge is -2.24. The number of hydrogen-bond donors (Lipinski definition) is 2. The maximum Gasteiger partial charge on any atom is 0.307 e. The Hall–Kier alpha value is -3.12. The predicted octanol–water partition coefficient (Wildman–Crippen LogP) is 8.52. The van der Waals surface area contributed by atoms with Crippen molar-refractivity contribution in [1.82, 2.24) is 4.98 Å². The summed E-state index contributed by atoms with van der Waals surface area (Å²) in [6.07, 6.45) is 7.07. The molecule has 4 nitrogen and oxygen atoms in total. The highest BCUT2D eigenvalue weighted by atomic mass is 35.5. The average Bonchev–Trinajstić information content (AvgIpc) is 3.82. The van der Waals surface area contributed by atoms with Crippen LogP contribution in [0.4, 0.5) is 0 Å². The maximum atomic E-state index is 11.7. The van der Waals surface area contributed by atoms with Gasteiger partial charge >= 0.3 is 5.97 Å². The maximum absolute atomic E-state index is 11.7. The molecule has 1 fully saturated rings. The summed E-state index contributed by atoms with van der Waals surface area (Å²) in [6.45, 7) is 2.15. The van der Waals surface area contributed by atoms with E-state index in [1.54, 1.807) is 11.8 Å². The Morgan fingerprint density at radius 2 is 1.80 bits per heavy atom. The number of halogens is 1. The number of aliphatic hydroxyl groups excluding tert-OH is 1. The van der Waals surface area contributed by atoms with Crippen molar-refractivity contribution in [3.05, 3.63) is 112 Å². The van der Waals surface area contributed by atoms with Gasteiger partial charge in [-0.05, 0) is 77.5 Å². The van der Waals surface area contributed by atoms with Gasteiger partial charge in [-0.3, -0.25) is 4.79 Å². The molecule has 0 radical (unpaired) electrons. The summed E-state index contributed by atoms with van der Waals surface area (Å²) in [7, 11) is 0. The molecule has 212 valence electrons. The summed E-state index contributed by atoms with van der Waals surface area (Å²) in [5.41, 5.74) is 6.41. The summed E-state index contributed by atoms with van der Waals surface area (Å²) in [6, 6.07) is 26.8. The first-order valence-corrected chi connectivity index (χ1v) is 15.8. The number of aliphatic hydroxyl groups is 1. The molecule has 0 aliphatic heterocycles. The van der Waals surface area contributed by atoms with Crippen LogP contribution in [0.25, 0.3) is 23.1 Å². The van der Waals surface area contributed by atoms with Crippen LogP contribution >= 0.6 is 23.4 Å². The number of aliphatic carboxylic acids is 1. The molecule has 1 aliphatic rings. The molecule has 3 aromatic carbocycles. The predicted molar refractivity (Wildman–Crippen MR) is 172 cm³/mol. The normalized spacial score (nSPS) is 15.7. The minimum Gasteiger partial charge on any atom is -0.481 e. The molecule has 0 amide bonds. The number of hydrogen-bond acceptors (Lipinski definition) is 4. The lowest BCUT2D eigenvalue weighted by Crippen LogP contribution is -2.18. The van der Waals surface area contributed by atoms with Crippen molar-refractivity contribution in [2.45, 2.75) is 38.0 Å². The molecule has 1 heterocycles. The van der Waals surface area contributed by atoms with Crippen LogP contribution < -0.4 is 0 Å². The van der Waals surface area contributed by atoms with Crippen molar-refractivity contribution < 1.29 is 15.0 Å². The summed E-state index contributed by atoms with van der Waals surface area (Å²) >= 11 is 7.92. The highest BCUT2D eigenvalue weighted by Gasteiger charge is 2.35. The van der Waals surface area contributed by atoms with Crippen LogP contribution in [0.1, 0.15) is 66.0 Å². The molecule has 0 bridgehead atoms. The number of fused-ring (bicyclic) bond motifs is 1. The average molecular weight is 586 g/mol. The standard InChI is InChI=1S/C35H36ClNO3S/c1-23(21-38)30-7-2-3-8-32(30)31(17-18-41-22-33(35(39)40)25-10-11-25)27-6-4-5-24(19-27)9-15-29-16-13-26-12-14-28(36)20-34(26)37-29/h2-9,12-16,19-20,23,25,31,33,38H,10-11,17-18,21-22H2,1H3,(H,39,40)/b15-9+. The number of carbonyl (C=O) groups is 1. The van der Waals surface area contributed by atoms with Gasteiger partial charge in [0.05, 0.1) is 17.1 Å². The molecule has 1 saturated carbocycles. The molecular formula is C35H36ClNO3S. The molecule has 0 saturated heterocycles. The van der Waals surface area contributed by atoms with Gasteiger partial charge in [-0.15, -0.1) is 0 Å². The van der Waals surface area contributed by atoms with Crippen molar-refractivity contribution in [3.63, 3.8) is 0 Å². The van der Waals surface area contributed by atoms with Gasteiger partial charge in [0, 0.05) is 34.6 Å². The van der Waals surface area contributed by atoms with E-state index in [0.717, 1.165) is 52.7 Å². The first-order chi connectivity index (χ1) is 19.9. The smallest absolute Gasteiger partial charge is 0.307 e. The molecule has 41 heavy (non-hydrogen) atoms. The van der Waals surface area contributed by atoms with Crippen LogP contribution in [0.5, 0.6) is 0 Å². The van der Waals surface area contributed by atoms with Crippen LogP contribution in [-0.2, 0) is 4.79 Å². The highest BCUT2D eigenvalue weighted by molar-refractivity contribution is 7.99. The summed E-state index contributed by atoms with van der Waals surface area (Å²) in [5, 5.41) is 21.3. The van der Waals surface area contributed by atoms with E-state index >= 15 is 0 Å². The van der Waals surface area contributed by atoms with E-state index in [-0.39, 0.29) is 24.4 Å². The van der Waals surface area contributed by atoms with Crippen LogP contribution in [0.15, 0.2) is 78.9 Å². The minimum atomic E-state index is -0.665. The second kappa shape index (κ2) is 13.7. The van der Waals surface area contributed by atoms with E-state index < -0.39 is 5.97 Å². The zero-order valence-corrected chi connectivity index (χ0v) is 24.8. The fraction of sp³-hybridized carbons (Fsp3) is 0.314. The highest BCUT2D eigenvalue weighted by Crippen LogP contribution is 2.40. The van der Waals surface area contributed by atoms with E-state index in [2.05, 4.69) is 61.5 Å². The number of pyridine rings is 1. The van der Waals surface area contributed by atoms with Crippen molar-refractivity contribution in [3.8, 4) is 0 Å². The zero-order chi connectivity index (χ0) is 28.8. The van der Waals surface area contributed by atoms with Gasteiger partial charge < -0.3 is 10.2 Å². The topological polar surface area (TPSA) is 70.4 Å². The monoisotopic (exact) mass is 585 g/mol. The van der Waals surface area contributed by atoms with Crippen molar-refractivity contribution in [2.24, 2.45) is 11.8 Å². The molecule has 6 heteroatoms. The molecule has 1 aromatic heterocycles. The number of aromatic nitrogens is 1. The number of benzene rings is 3. The van der Waals surface area contributed by atoms with E-state index in [0.29, 0.717) is 16.7 Å². The number of thioether (sulfide) groups is 1. The van der Waals surface area contributed by atoms with E-state index in [1.165, 1.54) is 11.1 Å². The number of carboxylic acid groups (broad SMARTS) is 1. The summed E-state index contributed by atoms with van der Waals surface area (Å²) < 4.78 is 0. The van der Waals surface area contributed by atoms with Crippen molar-refractivity contribution in [2.75, 3.05) is 18.1 Å². The Kier molecular flexibility index (Phi) is 9.81. The molecule has 5 rings (SSSR count). The van der Waals surface area contributed by atoms with Gasteiger partial charge in [-0.25, -0.2) is 4.98 Å². The van der Waals surface area contributed by atoms with Gasteiger partial charge in [-0.1, -0.05) is 85.3 Å². The summed E-state index contributed by atoms with van der Waals surface area (Å²) in [4.78, 5) is 16.5. The minimum absolute atomic E-state index is 0.0307. The van der Waals surface area contributed by atoms with Crippen molar-refractivity contribution in [1.29, 1.82) is 0 Å². The van der Waals surface area contributed by atoms with Crippen LogP contribution in [0.2, 0.25) is 5.02 Å². The Balaban J connectivity index is 1.39. The van der Waals surface area contributed by atoms with Gasteiger partial charge in [-0.2, -0.15) is 11.8 Å². The van der Waals surface area contributed by atoms with E-state index in [9.17, 15) is 15.0 Å². The fourth-order valence-electron chi connectivity index (χ4n) is 5.46. The third-order valence-corrected chi connectivity index (χ3v) is 9.32. The molecule has 1 aliphatic carbocycles. The quantitative estimate of drug-likeness (QED) is 0.154. The van der Waals surface area contributed by atoms with Crippen LogP contribution in [0.3, 0.4) is 0 Å². The molecule has 0 spiro atoms. The van der Waals surface area contributed by atoms with Crippen LogP contribution in [0, 0.1) is 11.8 Å². The number of rotatable bonds is 13. The lowest BCUT2D eigenvalue weighted by atomic mass is 9.82. The zero-order valence-electron chi connectivity index (χ0n) is 23.2. The van der Waals surface area contributed by atoms with Gasteiger partial charge in [0.15, 0.2) is 0 Å². The summed E-state index contributed by atoms with van der Waals surface area (Å²) in [5.74, 6) is 1.13. The molecule has 4 aromatic rings. The second-order valence-corrected chi connectivity index (χ2v) is 12.6. The first-order valence-electron chi connectivity index (χ1n) is 14.3. The van der Waals surface area contributed by atoms with Crippen LogP contribution in [-0.4, -0.2) is 39.3 Å². The second-order valence-electron chi connectivity index (χ2n) is 11.0. The third-order valence-electron chi connectivity index (χ3n) is 7.97. The van der Waals surface area contributed by atoms with Gasteiger partial charge in [0.2, 0.25) is 0 Å². The van der Waals surface area contributed by atoms with E-state index in [4.69, 9.17) is 16.6 Å². The van der Waals surface area contributed by atoms with Crippen molar-refractivity contribution >= 4 is 52.4 Å². The molecule has 2 N–H and O–H groups in total. The van der Waals surface area contributed by atoms with E-state index in [1.807, 2.05) is 36.4 Å². The Labute approximate surface area is 251 Å². The third kappa shape index (κ3) is 7.59. The molecular weight excluding hydrogens is 550 g/mol. The Morgan fingerprint density at radius 3 is 2.56 bits per heavy atom. The Morgan fingerprint density at radius 1 is 1.02 bits per heavy atom. The first kappa shape index (κ1) is 29.4. The molecule has 3 unspecified atom stereocenters. The Bertz CT molecular complexity index is 1530. The lowest BCUT2D eigenvalue weighted by molar-refractivity contribution is -0.141. The number of carboxylic acids is 1. The van der Waals surface area contributed by atoms with Gasteiger partial charge in [0.25, 0.3) is 0 Å². The SMILES string of the molecule is CC(CO)c1ccccc1C(CCSCC(C(=O)O)C1CC1)c1cccc(/C=C/c2ccc3ccc(Cl)cc3n2)c1. The largest absolute Gasteiger partial charge is 0.481 e. The van der Waals surface area contributed by atoms with Gasteiger partial charge in [0.1, 0.15) is 0 Å².